The summed E-state index contributed by atoms with van der Waals surface area (Å²) in [5.74, 6) is -0.995. The molecule has 0 bridgehead atoms. The summed E-state index contributed by atoms with van der Waals surface area (Å²) in [5.41, 5.74) is 0. The number of rotatable bonds is 50. The van der Waals surface area contributed by atoms with E-state index >= 15 is 0 Å². The van der Waals surface area contributed by atoms with Gasteiger partial charge >= 0.3 is 24.0 Å². The molecule has 0 saturated carbocycles. The van der Waals surface area contributed by atoms with Crippen LogP contribution in [0.1, 0.15) is 240 Å². The predicted molar refractivity (Wildman–Crippen MR) is 260 cm³/mol. The van der Waals surface area contributed by atoms with Crippen molar-refractivity contribution >= 4 is 24.0 Å². The second-order valence-corrected chi connectivity index (χ2v) is 17.3. The number of unbranched alkanes of at least 4 members (excludes halogenated alkanes) is 28. The molecule has 380 valence electrons. The molecule has 1 unspecified atom stereocenters. The van der Waals surface area contributed by atoms with E-state index in [9.17, 15) is 19.2 Å². The quantitative estimate of drug-likeness (QED) is 0.0353. The third-order valence-electron chi connectivity index (χ3n) is 11.2. The van der Waals surface area contributed by atoms with E-state index in [2.05, 4.69) is 19.2 Å². The third kappa shape index (κ3) is 50.6. The minimum absolute atomic E-state index is 0. The van der Waals surface area contributed by atoms with E-state index in [1.54, 1.807) is 7.11 Å². The fourth-order valence-electron chi connectivity index (χ4n) is 7.30. The maximum absolute atomic E-state index is 12.8. The topological polar surface area (TPSA) is 145 Å². The molecule has 0 radical (unpaired) electrons. The van der Waals surface area contributed by atoms with Gasteiger partial charge in [0.2, 0.25) is 0 Å². The lowest BCUT2D eigenvalue weighted by molar-refractivity contribution is -0.161. The normalized spacial score (nSPS) is 11.5. The van der Waals surface area contributed by atoms with Crippen LogP contribution in [0.5, 0.6) is 0 Å². The number of carbonyl (C=O) groups is 4. The first kappa shape index (κ1) is 63.6. The molecule has 0 aromatic carbocycles. The van der Waals surface area contributed by atoms with Crippen LogP contribution < -0.4 is 5.32 Å². The number of esters is 3. The van der Waals surface area contributed by atoms with Gasteiger partial charge in [-0.05, 0) is 19.3 Å². The van der Waals surface area contributed by atoms with Gasteiger partial charge in [-0.25, -0.2) is 4.79 Å². The minimum Gasteiger partial charge on any atom is -0.463 e. The fraction of sp³-hybridized carbons (Fsp3) is 0.923. The van der Waals surface area contributed by atoms with Crippen molar-refractivity contribution in [3.63, 3.8) is 0 Å². The maximum atomic E-state index is 12.8. The average Bonchev–Trinajstić information content (AvgIpc) is 3.27. The number of ether oxygens (including phenoxy) is 7. The van der Waals surface area contributed by atoms with Crippen molar-refractivity contribution in [2.24, 2.45) is 0 Å². The van der Waals surface area contributed by atoms with Crippen molar-refractivity contribution < 1.29 is 52.3 Å². The Kier molecular flexibility index (Phi) is 52.9. The molecule has 1 N–H and O–H groups in total. The van der Waals surface area contributed by atoms with Crippen LogP contribution in [0, 0.1) is 0 Å². The van der Waals surface area contributed by atoms with E-state index in [-0.39, 0.29) is 71.1 Å². The first-order valence-corrected chi connectivity index (χ1v) is 26.0. The smallest absolute Gasteiger partial charge is 0.407 e. The number of amides is 1. The van der Waals surface area contributed by atoms with Crippen LogP contribution in [0.15, 0.2) is 0 Å². The van der Waals surface area contributed by atoms with Crippen LogP contribution in [0.3, 0.4) is 0 Å². The van der Waals surface area contributed by atoms with Gasteiger partial charge < -0.3 is 38.5 Å². The standard InChI is InChI=1S/C51H97NO11.CH4/c1-4-6-8-10-12-14-16-18-20-22-24-26-28-30-32-35-49(54)61-45-47(63-50(55)36-33-31-29-27-25-23-21-19-17-15-13-11-9-7-5-2)46-62-51(56)52-38-40-59-43-42-58-39-34-37-48(53)60-44-41-57-3;/h47H,4-46H2,1-3H3,(H,52,56);1H4. The highest BCUT2D eigenvalue weighted by Gasteiger charge is 2.19. The number of hydrogen-bond donors (Lipinski definition) is 1. The van der Waals surface area contributed by atoms with Gasteiger partial charge in [-0.2, -0.15) is 0 Å². The van der Waals surface area contributed by atoms with Gasteiger partial charge in [0.05, 0.1) is 26.4 Å². The van der Waals surface area contributed by atoms with Crippen LogP contribution in [-0.2, 0) is 47.5 Å². The Morgan fingerprint density at radius 1 is 0.391 bits per heavy atom. The van der Waals surface area contributed by atoms with Crippen molar-refractivity contribution in [1.29, 1.82) is 0 Å². The molecule has 0 aromatic heterocycles. The Morgan fingerprint density at radius 3 is 1.22 bits per heavy atom. The summed E-state index contributed by atoms with van der Waals surface area (Å²) in [5, 5.41) is 2.62. The molecule has 0 rings (SSSR count). The second kappa shape index (κ2) is 53.2. The van der Waals surface area contributed by atoms with Gasteiger partial charge in [-0.1, -0.05) is 201 Å². The molecule has 0 aromatic rings. The molecule has 0 heterocycles. The molecule has 0 aliphatic carbocycles. The molecule has 1 amide bonds. The molecule has 0 fully saturated rings. The van der Waals surface area contributed by atoms with Gasteiger partial charge in [-0.15, -0.1) is 0 Å². The molecule has 12 heteroatoms. The Morgan fingerprint density at radius 2 is 0.766 bits per heavy atom. The summed E-state index contributed by atoms with van der Waals surface area (Å²) in [6, 6.07) is 0. The lowest BCUT2D eigenvalue weighted by Crippen LogP contribution is -2.34. The molecule has 64 heavy (non-hydrogen) atoms. The summed E-state index contributed by atoms with van der Waals surface area (Å²) in [4.78, 5) is 49.3. The van der Waals surface area contributed by atoms with Gasteiger partial charge in [0.25, 0.3) is 0 Å². The fourth-order valence-corrected chi connectivity index (χ4v) is 7.30. The first-order valence-electron chi connectivity index (χ1n) is 26.0. The Bertz CT molecular complexity index is 1010. The molecule has 0 saturated heterocycles. The summed E-state index contributed by atoms with van der Waals surface area (Å²) in [7, 11) is 1.55. The highest BCUT2D eigenvalue weighted by atomic mass is 16.6. The molecular weight excluding hydrogens is 815 g/mol. The average molecular weight is 916 g/mol. The second-order valence-electron chi connectivity index (χ2n) is 17.3. The lowest BCUT2D eigenvalue weighted by Gasteiger charge is -2.18. The van der Waals surface area contributed by atoms with Gasteiger partial charge in [-0.3, -0.25) is 14.4 Å². The maximum Gasteiger partial charge on any atom is 0.407 e. The van der Waals surface area contributed by atoms with Gasteiger partial charge in [0.15, 0.2) is 6.10 Å². The van der Waals surface area contributed by atoms with Crippen LogP contribution in [-0.4, -0.2) is 96.6 Å². The van der Waals surface area contributed by atoms with E-state index in [1.165, 1.54) is 154 Å². The molecule has 0 aliphatic rings. The Labute approximate surface area is 392 Å². The van der Waals surface area contributed by atoms with E-state index in [0.29, 0.717) is 39.3 Å². The Hall–Kier alpha value is -2.44. The molecule has 12 nitrogen and oxygen atoms in total. The van der Waals surface area contributed by atoms with Crippen molar-refractivity contribution in [2.75, 3.05) is 66.5 Å². The highest BCUT2D eigenvalue weighted by Crippen LogP contribution is 2.16. The van der Waals surface area contributed by atoms with Crippen LogP contribution in [0.4, 0.5) is 4.79 Å². The monoisotopic (exact) mass is 916 g/mol. The van der Waals surface area contributed by atoms with Crippen molar-refractivity contribution in [2.45, 2.75) is 246 Å². The molecular formula is C52H101NO11. The van der Waals surface area contributed by atoms with Crippen molar-refractivity contribution in [1.82, 2.24) is 5.32 Å². The zero-order valence-corrected chi connectivity index (χ0v) is 41.0. The largest absolute Gasteiger partial charge is 0.463 e. The molecule has 0 spiro atoms. The van der Waals surface area contributed by atoms with Crippen molar-refractivity contribution in [3.05, 3.63) is 0 Å². The minimum atomic E-state index is -0.884. The predicted octanol–water partition coefficient (Wildman–Crippen LogP) is 13.3. The number of methoxy groups -OCH3 is 1. The lowest BCUT2D eigenvalue weighted by atomic mass is 10.0. The molecule has 0 aliphatic heterocycles. The van der Waals surface area contributed by atoms with Crippen molar-refractivity contribution in [3.8, 4) is 0 Å². The van der Waals surface area contributed by atoms with E-state index in [4.69, 9.17) is 33.2 Å². The third-order valence-corrected chi connectivity index (χ3v) is 11.2. The highest BCUT2D eigenvalue weighted by molar-refractivity contribution is 5.71. The number of carbonyl (C=O) groups excluding carboxylic acids is 4. The zero-order chi connectivity index (χ0) is 45.9. The van der Waals surface area contributed by atoms with E-state index in [0.717, 1.165) is 38.5 Å². The summed E-state index contributed by atoms with van der Waals surface area (Å²) < 4.78 is 37.3. The van der Waals surface area contributed by atoms with Crippen LogP contribution in [0.25, 0.3) is 0 Å². The SMILES string of the molecule is C.CCCCCCCCCCCCCCCCCC(=O)OCC(COC(=O)NCCOCCOCCCC(=O)OCCOC)OC(=O)CCCCCCCCCCCCCCCCC. The molecule has 1 atom stereocenters. The van der Waals surface area contributed by atoms with Crippen LogP contribution in [0.2, 0.25) is 0 Å². The van der Waals surface area contributed by atoms with Gasteiger partial charge in [0.1, 0.15) is 19.8 Å². The Balaban J connectivity index is 0. The summed E-state index contributed by atoms with van der Waals surface area (Å²) in [6.45, 7) is 6.31. The zero-order valence-electron chi connectivity index (χ0n) is 41.0. The van der Waals surface area contributed by atoms with E-state index < -0.39 is 12.2 Å². The van der Waals surface area contributed by atoms with Crippen LogP contribution >= 0.6 is 0 Å². The number of alkyl carbamates (subject to hydrolysis) is 1. The summed E-state index contributed by atoms with van der Waals surface area (Å²) >= 11 is 0. The van der Waals surface area contributed by atoms with E-state index in [1.807, 2.05) is 0 Å². The summed E-state index contributed by atoms with van der Waals surface area (Å²) in [6.07, 6.45) is 37.4. The number of hydrogen-bond acceptors (Lipinski definition) is 11. The first-order chi connectivity index (χ1) is 30.9. The number of nitrogens with one attached hydrogen (secondary N) is 1. The van der Waals surface area contributed by atoms with Gasteiger partial charge in [0, 0.05) is 39.5 Å².